The SMILES string of the molecule is O=C(C1CCC1)N1CCC(CCCl)C1. The first-order valence-electron chi connectivity index (χ1n) is 5.66. The van der Waals surface area contributed by atoms with E-state index in [0.717, 1.165) is 44.7 Å². The van der Waals surface area contributed by atoms with Gasteiger partial charge in [0, 0.05) is 24.9 Å². The van der Waals surface area contributed by atoms with Crippen LogP contribution in [0.4, 0.5) is 0 Å². The number of rotatable bonds is 3. The van der Waals surface area contributed by atoms with E-state index < -0.39 is 0 Å². The monoisotopic (exact) mass is 215 g/mol. The van der Waals surface area contributed by atoms with Crippen molar-refractivity contribution >= 4 is 17.5 Å². The smallest absolute Gasteiger partial charge is 0.225 e. The summed E-state index contributed by atoms with van der Waals surface area (Å²) >= 11 is 5.71. The van der Waals surface area contributed by atoms with Crippen molar-refractivity contribution in [2.75, 3.05) is 19.0 Å². The number of hydrogen-bond donors (Lipinski definition) is 0. The second-order valence-electron chi connectivity index (χ2n) is 4.54. The molecule has 1 saturated carbocycles. The van der Waals surface area contributed by atoms with Crippen LogP contribution in [0.3, 0.4) is 0 Å². The third-order valence-corrected chi connectivity index (χ3v) is 3.79. The van der Waals surface area contributed by atoms with Crippen LogP contribution in [0.2, 0.25) is 0 Å². The van der Waals surface area contributed by atoms with E-state index in [1.165, 1.54) is 6.42 Å². The highest BCUT2D eigenvalue weighted by Crippen LogP contribution is 2.30. The minimum Gasteiger partial charge on any atom is -0.342 e. The van der Waals surface area contributed by atoms with E-state index in [4.69, 9.17) is 11.6 Å². The van der Waals surface area contributed by atoms with Gasteiger partial charge in [0.1, 0.15) is 0 Å². The van der Waals surface area contributed by atoms with E-state index >= 15 is 0 Å². The lowest BCUT2D eigenvalue weighted by Gasteiger charge is -2.29. The van der Waals surface area contributed by atoms with Crippen molar-refractivity contribution in [2.24, 2.45) is 11.8 Å². The normalized spacial score (nSPS) is 27.8. The minimum atomic E-state index is 0.366. The molecule has 1 unspecified atom stereocenters. The van der Waals surface area contributed by atoms with Crippen LogP contribution in [0.25, 0.3) is 0 Å². The summed E-state index contributed by atoms with van der Waals surface area (Å²) in [6, 6.07) is 0. The molecule has 0 radical (unpaired) electrons. The molecule has 0 aromatic heterocycles. The Morgan fingerprint density at radius 3 is 2.71 bits per heavy atom. The molecule has 1 amide bonds. The predicted octanol–water partition coefficient (Wildman–Crippen LogP) is 2.26. The van der Waals surface area contributed by atoms with Crippen LogP contribution in [0.5, 0.6) is 0 Å². The largest absolute Gasteiger partial charge is 0.342 e. The fourth-order valence-electron chi connectivity index (χ4n) is 2.34. The van der Waals surface area contributed by atoms with Crippen LogP contribution >= 0.6 is 11.6 Å². The molecule has 0 bridgehead atoms. The molecular formula is C11H18ClNO. The Morgan fingerprint density at radius 1 is 1.36 bits per heavy atom. The summed E-state index contributed by atoms with van der Waals surface area (Å²) in [4.78, 5) is 13.9. The maximum atomic E-state index is 11.9. The fraction of sp³-hybridized carbons (Fsp3) is 0.909. The molecule has 1 aliphatic carbocycles. The molecule has 0 aromatic rings. The molecular weight excluding hydrogens is 198 g/mol. The Kier molecular flexibility index (Phi) is 3.32. The van der Waals surface area contributed by atoms with Crippen LogP contribution in [-0.2, 0) is 4.79 Å². The van der Waals surface area contributed by atoms with Gasteiger partial charge in [0.25, 0.3) is 0 Å². The fourth-order valence-corrected chi connectivity index (χ4v) is 2.64. The highest BCUT2D eigenvalue weighted by atomic mass is 35.5. The number of carbonyl (C=O) groups is 1. The Bertz CT molecular complexity index is 215. The van der Waals surface area contributed by atoms with Gasteiger partial charge in [-0.05, 0) is 31.6 Å². The Morgan fingerprint density at radius 2 is 2.14 bits per heavy atom. The van der Waals surface area contributed by atoms with E-state index in [1.54, 1.807) is 0 Å². The first kappa shape index (κ1) is 10.3. The first-order valence-corrected chi connectivity index (χ1v) is 6.19. The zero-order chi connectivity index (χ0) is 9.97. The van der Waals surface area contributed by atoms with Gasteiger partial charge >= 0.3 is 0 Å². The Hall–Kier alpha value is -0.240. The molecule has 1 aliphatic heterocycles. The molecule has 0 aromatic carbocycles. The van der Waals surface area contributed by atoms with Gasteiger partial charge in [-0.15, -0.1) is 11.6 Å². The van der Waals surface area contributed by atoms with Crippen LogP contribution < -0.4 is 0 Å². The zero-order valence-electron chi connectivity index (χ0n) is 8.54. The Labute approximate surface area is 90.6 Å². The minimum absolute atomic E-state index is 0.366. The van der Waals surface area contributed by atoms with Gasteiger partial charge in [0.15, 0.2) is 0 Å². The lowest BCUT2D eigenvalue weighted by Crippen LogP contribution is -2.37. The number of likely N-dealkylation sites (tertiary alicyclic amines) is 1. The van der Waals surface area contributed by atoms with Gasteiger partial charge in [0.05, 0.1) is 0 Å². The summed E-state index contributed by atoms with van der Waals surface area (Å²) in [5, 5.41) is 0. The van der Waals surface area contributed by atoms with Crippen molar-refractivity contribution in [3.63, 3.8) is 0 Å². The van der Waals surface area contributed by atoms with Crippen LogP contribution in [0.15, 0.2) is 0 Å². The van der Waals surface area contributed by atoms with Gasteiger partial charge in [-0.3, -0.25) is 4.79 Å². The first-order chi connectivity index (χ1) is 6.81. The van der Waals surface area contributed by atoms with Crippen molar-refractivity contribution in [3.8, 4) is 0 Å². The van der Waals surface area contributed by atoms with Crippen molar-refractivity contribution in [2.45, 2.75) is 32.1 Å². The maximum absolute atomic E-state index is 11.9. The number of nitrogens with zero attached hydrogens (tertiary/aromatic N) is 1. The molecule has 2 nitrogen and oxygen atoms in total. The third kappa shape index (κ3) is 2.05. The molecule has 14 heavy (non-hydrogen) atoms. The van der Waals surface area contributed by atoms with Crippen molar-refractivity contribution in [1.82, 2.24) is 4.90 Å². The van der Waals surface area contributed by atoms with Gasteiger partial charge in [-0.1, -0.05) is 6.42 Å². The average molecular weight is 216 g/mol. The summed E-state index contributed by atoms with van der Waals surface area (Å²) in [7, 11) is 0. The quantitative estimate of drug-likeness (QED) is 0.662. The second-order valence-corrected chi connectivity index (χ2v) is 4.92. The number of amides is 1. The standard InChI is InChI=1S/C11H18ClNO/c12-6-4-9-5-7-13(8-9)11(14)10-2-1-3-10/h9-10H,1-8H2. The predicted molar refractivity (Wildman–Crippen MR) is 57.4 cm³/mol. The number of alkyl halides is 1. The lowest BCUT2D eigenvalue weighted by atomic mass is 9.84. The lowest BCUT2D eigenvalue weighted by molar-refractivity contribution is -0.137. The Balaban J connectivity index is 1.79. The van der Waals surface area contributed by atoms with E-state index in [-0.39, 0.29) is 0 Å². The average Bonchev–Trinajstić information content (AvgIpc) is 2.50. The molecule has 1 saturated heterocycles. The molecule has 0 N–H and O–H groups in total. The summed E-state index contributed by atoms with van der Waals surface area (Å²) in [6.45, 7) is 1.93. The van der Waals surface area contributed by atoms with Crippen molar-refractivity contribution in [3.05, 3.63) is 0 Å². The van der Waals surface area contributed by atoms with E-state index in [0.29, 0.717) is 17.7 Å². The van der Waals surface area contributed by atoms with Crippen molar-refractivity contribution in [1.29, 1.82) is 0 Å². The van der Waals surface area contributed by atoms with Crippen molar-refractivity contribution < 1.29 is 4.79 Å². The second kappa shape index (κ2) is 4.52. The topological polar surface area (TPSA) is 20.3 Å². The summed E-state index contributed by atoms with van der Waals surface area (Å²) in [5.41, 5.74) is 0. The van der Waals surface area contributed by atoms with Gasteiger partial charge in [-0.2, -0.15) is 0 Å². The molecule has 1 heterocycles. The van der Waals surface area contributed by atoms with Gasteiger partial charge in [-0.25, -0.2) is 0 Å². The molecule has 1 atom stereocenters. The van der Waals surface area contributed by atoms with E-state index in [1.807, 2.05) is 0 Å². The molecule has 80 valence electrons. The number of carbonyl (C=O) groups excluding carboxylic acids is 1. The molecule has 3 heteroatoms. The molecule has 2 fully saturated rings. The summed E-state index contributed by atoms with van der Waals surface area (Å²) in [5.74, 6) is 2.17. The maximum Gasteiger partial charge on any atom is 0.225 e. The van der Waals surface area contributed by atoms with E-state index in [9.17, 15) is 4.79 Å². The number of halogens is 1. The van der Waals surface area contributed by atoms with Crippen LogP contribution in [0.1, 0.15) is 32.1 Å². The third-order valence-electron chi connectivity index (χ3n) is 3.57. The van der Waals surface area contributed by atoms with Gasteiger partial charge in [0.2, 0.25) is 5.91 Å². The zero-order valence-corrected chi connectivity index (χ0v) is 9.30. The number of hydrogen-bond acceptors (Lipinski definition) is 1. The van der Waals surface area contributed by atoms with Gasteiger partial charge < -0.3 is 4.90 Å². The highest BCUT2D eigenvalue weighted by molar-refractivity contribution is 6.17. The highest BCUT2D eigenvalue weighted by Gasteiger charge is 2.33. The summed E-state index contributed by atoms with van der Waals surface area (Å²) < 4.78 is 0. The van der Waals surface area contributed by atoms with Crippen LogP contribution in [0, 0.1) is 11.8 Å². The van der Waals surface area contributed by atoms with Crippen LogP contribution in [-0.4, -0.2) is 29.8 Å². The summed E-state index contributed by atoms with van der Waals surface area (Å²) in [6.07, 6.45) is 5.71. The molecule has 0 spiro atoms. The molecule has 2 rings (SSSR count). The van der Waals surface area contributed by atoms with E-state index in [2.05, 4.69) is 4.90 Å². The molecule has 2 aliphatic rings.